The minimum atomic E-state index is -0.636. The van der Waals surface area contributed by atoms with E-state index >= 15 is 0 Å². The number of nitrogens with two attached hydrogens (primary N) is 1. The highest BCUT2D eigenvalue weighted by atomic mass is 16.2. The van der Waals surface area contributed by atoms with Gasteiger partial charge < -0.3 is 31.5 Å². The van der Waals surface area contributed by atoms with Crippen molar-refractivity contribution in [3.63, 3.8) is 0 Å². The first kappa shape index (κ1) is 29.9. The fraction of sp³-hybridized carbons (Fsp3) is 0.471. The molecule has 0 spiro atoms. The predicted molar refractivity (Wildman–Crippen MR) is 175 cm³/mol. The number of nitrogens with one attached hydrogen (secondary N) is 3. The summed E-state index contributed by atoms with van der Waals surface area (Å²) in [4.78, 5) is 38.9. The number of hydrogen-bond acceptors (Lipinski definition) is 7. The van der Waals surface area contributed by atoms with Crippen molar-refractivity contribution in [3.8, 4) is 0 Å². The van der Waals surface area contributed by atoms with Gasteiger partial charge in [-0.1, -0.05) is 37.1 Å². The van der Waals surface area contributed by atoms with E-state index in [0.29, 0.717) is 24.1 Å². The molecule has 2 aromatic carbocycles. The number of piperidine rings is 2. The maximum absolute atomic E-state index is 12.7. The molecule has 1 aromatic heterocycles. The Morgan fingerprint density at radius 1 is 0.909 bits per heavy atom. The summed E-state index contributed by atoms with van der Waals surface area (Å²) in [5.74, 6) is 0.905. The largest absolute Gasteiger partial charge is 0.364 e. The normalized spacial score (nSPS) is 19.9. The van der Waals surface area contributed by atoms with Crippen molar-refractivity contribution < 1.29 is 9.59 Å². The highest BCUT2D eigenvalue weighted by Gasteiger charge is 2.28. The van der Waals surface area contributed by atoms with Crippen LogP contribution in [-0.4, -0.2) is 65.1 Å². The number of carbonyl (C=O) groups is 2. The summed E-state index contributed by atoms with van der Waals surface area (Å²) < 4.78 is 0. The molecule has 3 aliphatic rings. The molecule has 3 heterocycles. The fourth-order valence-electron chi connectivity index (χ4n) is 7.02. The molecule has 3 amide bonds. The Kier molecular flexibility index (Phi) is 9.26. The van der Waals surface area contributed by atoms with Crippen LogP contribution in [0.3, 0.4) is 0 Å². The van der Waals surface area contributed by atoms with Crippen LogP contribution in [0.1, 0.15) is 78.9 Å². The Morgan fingerprint density at radius 2 is 1.68 bits per heavy atom. The van der Waals surface area contributed by atoms with E-state index in [4.69, 9.17) is 10.7 Å². The first-order valence-electron chi connectivity index (χ1n) is 16.1. The molecule has 6 rings (SSSR count). The molecule has 0 bridgehead atoms. The molecule has 0 unspecified atom stereocenters. The third-order valence-electron chi connectivity index (χ3n) is 9.37. The SMILES string of the molecule is Cc1cccc(NC(=O)N[C@@H]2CCCN(c3cnc(C(N)=O)c(Nc4ccc(C5CCN(C6CCCC6)CC5)cc4)n3)C2)c1. The highest BCUT2D eigenvalue weighted by molar-refractivity contribution is 5.96. The number of aromatic nitrogens is 2. The molecule has 10 heteroatoms. The van der Waals surface area contributed by atoms with Crippen molar-refractivity contribution in [1.29, 1.82) is 0 Å². The van der Waals surface area contributed by atoms with Crippen LogP contribution in [-0.2, 0) is 0 Å². The van der Waals surface area contributed by atoms with Crippen molar-refractivity contribution in [2.45, 2.75) is 76.3 Å². The van der Waals surface area contributed by atoms with Crippen molar-refractivity contribution >= 4 is 34.9 Å². The number of rotatable bonds is 8. The molecule has 5 N–H and O–H groups in total. The zero-order valence-electron chi connectivity index (χ0n) is 25.6. The predicted octanol–water partition coefficient (Wildman–Crippen LogP) is 5.54. The Bertz CT molecular complexity index is 1450. The van der Waals surface area contributed by atoms with Gasteiger partial charge in [-0.05, 0) is 99.8 Å². The minimum Gasteiger partial charge on any atom is -0.364 e. The Labute approximate surface area is 259 Å². The minimum absolute atomic E-state index is 0.0554. The molecule has 232 valence electrons. The number of likely N-dealkylation sites (tertiary alicyclic amines) is 1. The molecular formula is C34H44N8O2. The third-order valence-corrected chi connectivity index (χ3v) is 9.37. The molecule has 44 heavy (non-hydrogen) atoms. The number of nitrogens with zero attached hydrogens (tertiary/aromatic N) is 4. The number of amides is 3. The molecule has 0 radical (unpaired) electrons. The zero-order valence-corrected chi connectivity index (χ0v) is 25.6. The van der Waals surface area contributed by atoms with Gasteiger partial charge in [0.25, 0.3) is 5.91 Å². The zero-order chi connectivity index (χ0) is 30.5. The van der Waals surface area contributed by atoms with Crippen LogP contribution >= 0.6 is 0 Å². The molecule has 1 saturated carbocycles. The van der Waals surface area contributed by atoms with Gasteiger partial charge in [0, 0.05) is 36.5 Å². The van der Waals surface area contributed by atoms with Gasteiger partial charge in [-0.3, -0.25) is 4.79 Å². The van der Waals surface area contributed by atoms with Crippen LogP contribution in [0.5, 0.6) is 0 Å². The molecule has 3 aromatic rings. The molecule has 10 nitrogen and oxygen atoms in total. The standard InChI is InChI=1S/C34H44N8O2/c1-23-6-4-7-27(20-23)38-34(44)39-28-8-5-17-42(22-28)30-21-36-31(32(35)43)33(40-30)37-26-13-11-24(12-14-26)25-15-18-41(19-16-25)29-9-2-3-10-29/h4,6-7,11-14,20-21,25,28-29H,2-3,5,8-10,15-19,22H2,1H3,(H2,35,43)(H,37,40)(H2,38,39,44)/t28-/m1/s1. The summed E-state index contributed by atoms with van der Waals surface area (Å²) in [5, 5.41) is 9.30. The van der Waals surface area contributed by atoms with Gasteiger partial charge in [0.1, 0.15) is 5.82 Å². The van der Waals surface area contributed by atoms with E-state index < -0.39 is 5.91 Å². The fourth-order valence-corrected chi connectivity index (χ4v) is 7.02. The molecule has 3 fully saturated rings. The summed E-state index contributed by atoms with van der Waals surface area (Å²) in [6.45, 7) is 5.72. The van der Waals surface area contributed by atoms with Crippen LogP contribution in [0.4, 0.5) is 27.8 Å². The van der Waals surface area contributed by atoms with Gasteiger partial charge in [-0.2, -0.15) is 0 Å². The lowest BCUT2D eigenvalue weighted by Gasteiger charge is -2.36. The molecule has 2 aliphatic heterocycles. The third kappa shape index (κ3) is 7.30. The Morgan fingerprint density at radius 3 is 2.41 bits per heavy atom. The second-order valence-corrected chi connectivity index (χ2v) is 12.5. The number of primary amides is 1. The molecule has 1 atom stereocenters. The van der Waals surface area contributed by atoms with Crippen molar-refractivity contribution in [2.75, 3.05) is 41.7 Å². The van der Waals surface area contributed by atoms with Crippen molar-refractivity contribution in [1.82, 2.24) is 20.2 Å². The number of aryl methyl sites for hydroxylation is 1. The number of hydrogen-bond donors (Lipinski definition) is 4. The lowest BCUT2D eigenvalue weighted by atomic mass is 9.88. The summed E-state index contributed by atoms with van der Waals surface area (Å²) >= 11 is 0. The summed E-state index contributed by atoms with van der Waals surface area (Å²) in [6, 6.07) is 16.7. The highest BCUT2D eigenvalue weighted by Crippen LogP contribution is 2.33. The molecule has 1 aliphatic carbocycles. The van der Waals surface area contributed by atoms with Gasteiger partial charge >= 0.3 is 6.03 Å². The van der Waals surface area contributed by atoms with Crippen LogP contribution < -0.4 is 26.6 Å². The summed E-state index contributed by atoms with van der Waals surface area (Å²) in [7, 11) is 0. The average molecular weight is 597 g/mol. The molecule has 2 saturated heterocycles. The quantitative estimate of drug-likeness (QED) is 0.269. The lowest BCUT2D eigenvalue weighted by molar-refractivity contribution is 0.0996. The monoisotopic (exact) mass is 596 g/mol. The number of benzene rings is 2. The number of anilines is 4. The second-order valence-electron chi connectivity index (χ2n) is 12.5. The van der Waals surface area contributed by atoms with Crippen molar-refractivity contribution in [3.05, 3.63) is 71.5 Å². The Hall–Kier alpha value is -4.18. The van der Waals surface area contributed by atoms with Crippen molar-refractivity contribution in [2.24, 2.45) is 5.73 Å². The maximum Gasteiger partial charge on any atom is 0.319 e. The smallest absolute Gasteiger partial charge is 0.319 e. The summed E-state index contributed by atoms with van der Waals surface area (Å²) in [5.41, 5.74) is 9.80. The maximum atomic E-state index is 12.7. The van der Waals surface area contributed by atoms with E-state index in [1.165, 1.54) is 57.2 Å². The van der Waals surface area contributed by atoms with E-state index in [-0.39, 0.29) is 17.8 Å². The average Bonchev–Trinajstić information content (AvgIpc) is 3.57. The first-order chi connectivity index (χ1) is 21.4. The van der Waals surface area contributed by atoms with Crippen LogP contribution in [0.2, 0.25) is 0 Å². The summed E-state index contributed by atoms with van der Waals surface area (Å²) in [6.07, 6.45) is 11.2. The Balaban J connectivity index is 1.08. The van der Waals surface area contributed by atoms with Crippen LogP contribution in [0.25, 0.3) is 0 Å². The molecular weight excluding hydrogens is 552 g/mol. The van der Waals surface area contributed by atoms with E-state index in [9.17, 15) is 9.59 Å². The van der Waals surface area contributed by atoms with Gasteiger partial charge in [-0.15, -0.1) is 0 Å². The van der Waals surface area contributed by atoms with Gasteiger partial charge in [0.15, 0.2) is 11.5 Å². The van der Waals surface area contributed by atoms with Gasteiger partial charge in [0.05, 0.1) is 6.20 Å². The number of urea groups is 1. The number of carbonyl (C=O) groups excluding carboxylic acids is 2. The van der Waals surface area contributed by atoms with Crippen LogP contribution in [0.15, 0.2) is 54.7 Å². The lowest BCUT2D eigenvalue weighted by Crippen LogP contribution is -2.49. The van der Waals surface area contributed by atoms with E-state index in [1.807, 2.05) is 43.3 Å². The van der Waals surface area contributed by atoms with E-state index in [2.05, 4.69) is 42.9 Å². The second kappa shape index (κ2) is 13.6. The van der Waals surface area contributed by atoms with E-state index in [1.54, 1.807) is 6.20 Å². The first-order valence-corrected chi connectivity index (χ1v) is 16.1. The van der Waals surface area contributed by atoms with E-state index in [0.717, 1.165) is 42.4 Å². The van der Waals surface area contributed by atoms with Gasteiger partial charge in [0.2, 0.25) is 0 Å². The topological polar surface area (TPSA) is 129 Å². The van der Waals surface area contributed by atoms with Crippen LogP contribution in [0, 0.1) is 6.92 Å². The van der Waals surface area contributed by atoms with Gasteiger partial charge in [-0.25, -0.2) is 14.8 Å².